The molecule has 0 amide bonds. The fraction of sp³-hybridized carbons (Fsp3) is 0.600. The molecule has 0 bridgehead atoms. The Labute approximate surface area is 124 Å². The third-order valence-electron chi connectivity index (χ3n) is 3.21. The number of hydrogen-bond acceptors (Lipinski definition) is 4. The summed E-state index contributed by atoms with van der Waals surface area (Å²) in [5.41, 5.74) is 7.34. The van der Waals surface area contributed by atoms with E-state index in [4.69, 9.17) is 10.5 Å². The molecular weight excluding hydrogens is 275 g/mol. The van der Waals surface area contributed by atoms with Gasteiger partial charge in [-0.15, -0.1) is 0 Å². The smallest absolute Gasteiger partial charge is 0.167 e. The molecule has 0 radical (unpaired) electrons. The van der Waals surface area contributed by atoms with Crippen molar-refractivity contribution in [2.75, 3.05) is 29.5 Å². The first-order valence-corrected chi connectivity index (χ1v) is 7.91. The topological polar surface area (TPSA) is 38.5 Å². The van der Waals surface area contributed by atoms with Gasteiger partial charge in [0.15, 0.2) is 11.6 Å². The molecule has 1 heterocycles. The van der Waals surface area contributed by atoms with Gasteiger partial charge in [0.1, 0.15) is 0 Å². The van der Waals surface area contributed by atoms with Gasteiger partial charge in [0.2, 0.25) is 0 Å². The van der Waals surface area contributed by atoms with Crippen LogP contribution in [0.5, 0.6) is 5.75 Å². The van der Waals surface area contributed by atoms with E-state index in [1.54, 1.807) is 6.07 Å². The van der Waals surface area contributed by atoms with Crippen molar-refractivity contribution in [1.29, 1.82) is 0 Å². The van der Waals surface area contributed by atoms with Crippen molar-refractivity contribution in [1.82, 2.24) is 0 Å². The van der Waals surface area contributed by atoms with Crippen molar-refractivity contribution >= 4 is 23.1 Å². The minimum Gasteiger partial charge on any atom is -0.488 e. The van der Waals surface area contributed by atoms with Gasteiger partial charge in [0.05, 0.1) is 17.5 Å². The Hall–Kier alpha value is -1.10. The molecule has 0 unspecified atom stereocenters. The number of benzene rings is 1. The Morgan fingerprint density at radius 3 is 2.70 bits per heavy atom. The van der Waals surface area contributed by atoms with Crippen LogP contribution < -0.4 is 15.4 Å². The number of ether oxygens (including phenoxy) is 1. The summed E-state index contributed by atoms with van der Waals surface area (Å²) in [4.78, 5) is 2.22. The lowest BCUT2D eigenvalue weighted by molar-refractivity contribution is 0.231. The normalized spacial score (nSPS) is 18.4. The van der Waals surface area contributed by atoms with Gasteiger partial charge in [-0.05, 0) is 27.7 Å². The van der Waals surface area contributed by atoms with E-state index in [0.29, 0.717) is 5.69 Å². The lowest BCUT2D eigenvalue weighted by Gasteiger charge is -2.39. The largest absolute Gasteiger partial charge is 0.488 e. The van der Waals surface area contributed by atoms with Gasteiger partial charge in [-0.2, -0.15) is 11.8 Å². The second-order valence-electron chi connectivity index (χ2n) is 6.04. The van der Waals surface area contributed by atoms with Crippen LogP contribution in [0.3, 0.4) is 0 Å². The second-order valence-corrected chi connectivity index (χ2v) is 7.84. The molecule has 0 spiro atoms. The Morgan fingerprint density at radius 1 is 1.40 bits per heavy atom. The first-order valence-electron chi connectivity index (χ1n) is 6.93. The maximum Gasteiger partial charge on any atom is 0.167 e. The molecule has 1 fully saturated rings. The number of halogens is 1. The fourth-order valence-corrected chi connectivity index (χ4v) is 3.51. The summed E-state index contributed by atoms with van der Waals surface area (Å²) in [6, 6.07) is 3.10. The van der Waals surface area contributed by atoms with Gasteiger partial charge in [-0.25, -0.2) is 4.39 Å². The second kappa shape index (κ2) is 5.72. The Morgan fingerprint density at radius 2 is 2.10 bits per heavy atom. The molecule has 1 aliphatic heterocycles. The van der Waals surface area contributed by atoms with E-state index < -0.39 is 5.82 Å². The third-order valence-corrected chi connectivity index (χ3v) is 4.51. The molecule has 0 aromatic heterocycles. The summed E-state index contributed by atoms with van der Waals surface area (Å²) >= 11 is 1.95. The van der Waals surface area contributed by atoms with E-state index in [9.17, 15) is 4.39 Å². The lowest BCUT2D eigenvalue weighted by atomic mass is 10.1. The van der Waals surface area contributed by atoms with E-state index in [-0.39, 0.29) is 16.6 Å². The van der Waals surface area contributed by atoms with Crippen LogP contribution in [0.15, 0.2) is 12.1 Å². The molecule has 3 nitrogen and oxygen atoms in total. The quantitative estimate of drug-likeness (QED) is 0.867. The lowest BCUT2D eigenvalue weighted by Crippen LogP contribution is -2.43. The van der Waals surface area contributed by atoms with Crippen LogP contribution in [0.4, 0.5) is 15.8 Å². The first kappa shape index (κ1) is 15.3. The van der Waals surface area contributed by atoms with E-state index in [1.165, 1.54) is 6.07 Å². The first-order chi connectivity index (χ1) is 9.28. The van der Waals surface area contributed by atoms with Crippen LogP contribution in [0, 0.1) is 5.82 Å². The summed E-state index contributed by atoms with van der Waals surface area (Å²) in [6.07, 6.45) is -0.0608. The Kier molecular flexibility index (Phi) is 4.37. The summed E-state index contributed by atoms with van der Waals surface area (Å²) in [7, 11) is 0. The SMILES string of the molecule is CC(C)Oc1cc(N2CCSC(C)(C)C2)c(N)cc1F. The van der Waals surface area contributed by atoms with Crippen molar-refractivity contribution in [3.63, 3.8) is 0 Å². The fourth-order valence-electron chi connectivity index (χ4n) is 2.40. The van der Waals surface area contributed by atoms with Crippen LogP contribution in [0.1, 0.15) is 27.7 Å². The molecule has 5 heteroatoms. The van der Waals surface area contributed by atoms with Gasteiger partial charge in [-0.3, -0.25) is 0 Å². The third kappa shape index (κ3) is 3.51. The number of nitrogens with zero attached hydrogens (tertiary/aromatic N) is 1. The van der Waals surface area contributed by atoms with Gasteiger partial charge in [-0.1, -0.05) is 0 Å². The number of nitrogen functional groups attached to an aromatic ring is 1. The highest BCUT2D eigenvalue weighted by molar-refractivity contribution is 8.00. The monoisotopic (exact) mass is 298 g/mol. The summed E-state index contributed by atoms with van der Waals surface area (Å²) in [6.45, 7) is 10.0. The zero-order valence-corrected chi connectivity index (χ0v) is 13.4. The van der Waals surface area contributed by atoms with Gasteiger partial charge >= 0.3 is 0 Å². The minimum absolute atomic E-state index is 0.0608. The number of anilines is 2. The van der Waals surface area contributed by atoms with Crippen molar-refractivity contribution in [2.24, 2.45) is 0 Å². The summed E-state index contributed by atoms with van der Waals surface area (Å²) in [5, 5.41) is 0. The Bertz CT molecular complexity index is 491. The molecule has 1 aliphatic rings. The van der Waals surface area contributed by atoms with E-state index in [2.05, 4.69) is 18.7 Å². The van der Waals surface area contributed by atoms with Gasteiger partial charge < -0.3 is 15.4 Å². The van der Waals surface area contributed by atoms with Crippen molar-refractivity contribution in [3.8, 4) is 5.75 Å². The average molecular weight is 298 g/mol. The van der Waals surface area contributed by atoms with E-state index in [1.807, 2.05) is 25.6 Å². The van der Waals surface area contributed by atoms with Crippen LogP contribution in [-0.4, -0.2) is 29.7 Å². The number of hydrogen-bond donors (Lipinski definition) is 1. The summed E-state index contributed by atoms with van der Waals surface area (Å²) < 4.78 is 19.6. The number of thioether (sulfide) groups is 1. The molecule has 1 aromatic rings. The van der Waals surface area contributed by atoms with Crippen LogP contribution in [0.2, 0.25) is 0 Å². The number of rotatable bonds is 3. The highest BCUT2D eigenvalue weighted by atomic mass is 32.2. The molecule has 2 rings (SSSR count). The van der Waals surface area contributed by atoms with Gasteiger partial charge in [0.25, 0.3) is 0 Å². The van der Waals surface area contributed by atoms with Gasteiger partial charge in [0, 0.05) is 35.7 Å². The van der Waals surface area contributed by atoms with E-state index >= 15 is 0 Å². The molecule has 0 atom stereocenters. The Balaban J connectivity index is 2.31. The molecule has 1 aromatic carbocycles. The predicted octanol–water partition coefficient (Wildman–Crippen LogP) is 3.53. The molecular formula is C15H23FN2OS. The molecule has 1 saturated heterocycles. The number of nitrogens with two attached hydrogens (primary N) is 1. The van der Waals surface area contributed by atoms with E-state index in [0.717, 1.165) is 24.5 Å². The zero-order valence-electron chi connectivity index (χ0n) is 12.6. The van der Waals surface area contributed by atoms with Crippen LogP contribution in [0.25, 0.3) is 0 Å². The highest BCUT2D eigenvalue weighted by Crippen LogP contribution is 2.37. The van der Waals surface area contributed by atoms with Crippen LogP contribution >= 0.6 is 11.8 Å². The molecule has 112 valence electrons. The van der Waals surface area contributed by atoms with Crippen molar-refractivity contribution in [2.45, 2.75) is 38.5 Å². The van der Waals surface area contributed by atoms with Crippen molar-refractivity contribution in [3.05, 3.63) is 17.9 Å². The highest BCUT2D eigenvalue weighted by Gasteiger charge is 2.28. The predicted molar refractivity (Wildman–Crippen MR) is 85.3 cm³/mol. The zero-order chi connectivity index (χ0) is 14.9. The van der Waals surface area contributed by atoms with Crippen molar-refractivity contribution < 1.29 is 9.13 Å². The average Bonchev–Trinajstić information content (AvgIpc) is 2.30. The maximum atomic E-state index is 13.9. The molecule has 2 N–H and O–H groups in total. The molecule has 20 heavy (non-hydrogen) atoms. The summed E-state index contributed by atoms with van der Waals surface area (Å²) in [5.74, 6) is 0.926. The maximum absolute atomic E-state index is 13.9. The standard InChI is InChI=1S/C15H23FN2OS/c1-10(2)19-14-8-13(12(17)7-11(14)16)18-5-6-20-15(3,4)9-18/h7-8,10H,5-6,9,17H2,1-4H3. The minimum atomic E-state index is -0.398. The molecule has 0 saturated carbocycles. The van der Waals surface area contributed by atoms with Crippen LogP contribution in [-0.2, 0) is 0 Å². The molecule has 0 aliphatic carbocycles.